The number of carboxylic acids is 2. The normalized spacial score (nSPS) is 11.0. The van der Waals surface area contributed by atoms with Crippen molar-refractivity contribution in [3.8, 4) is 0 Å². The predicted octanol–water partition coefficient (Wildman–Crippen LogP) is 4.28. The molecule has 308 valence electrons. The van der Waals surface area contributed by atoms with Gasteiger partial charge in [-0.1, -0.05) is 89.9 Å². The van der Waals surface area contributed by atoms with Gasteiger partial charge in [-0.2, -0.15) is 0 Å². The summed E-state index contributed by atoms with van der Waals surface area (Å²) in [7, 11) is 0. The SMILES string of the molecule is CC(=O)COCCOCCNC(=O)COCCOCCNC(=O)CCN(CC(=O)O)C(=O)CCCCCCCCCCCCCCCCCCC(=O)O. The molecule has 0 radical (unpaired) electrons. The van der Waals surface area contributed by atoms with E-state index in [-0.39, 0.29) is 88.9 Å². The maximum Gasteiger partial charge on any atom is 0.323 e. The number of hydrogen-bond acceptors (Lipinski definition) is 10. The maximum absolute atomic E-state index is 12.7. The Hall–Kier alpha value is -3.14. The first-order valence-corrected chi connectivity index (χ1v) is 19.7. The number of ether oxygens (including phenoxy) is 4. The van der Waals surface area contributed by atoms with Crippen molar-refractivity contribution >= 4 is 35.4 Å². The Morgan fingerprint density at radius 1 is 0.472 bits per heavy atom. The zero-order valence-corrected chi connectivity index (χ0v) is 32.3. The number of carbonyl (C=O) groups excluding carboxylic acids is 4. The molecule has 3 amide bonds. The van der Waals surface area contributed by atoms with Crippen LogP contribution in [0.15, 0.2) is 0 Å². The number of rotatable bonds is 40. The summed E-state index contributed by atoms with van der Waals surface area (Å²) in [5.74, 6) is -2.72. The van der Waals surface area contributed by atoms with Crippen molar-refractivity contribution in [2.45, 2.75) is 129 Å². The Balaban J connectivity index is 3.73. The molecule has 4 N–H and O–H groups in total. The van der Waals surface area contributed by atoms with E-state index in [0.717, 1.165) is 38.5 Å². The van der Waals surface area contributed by atoms with E-state index < -0.39 is 18.5 Å². The first kappa shape index (κ1) is 49.9. The van der Waals surface area contributed by atoms with Crippen LogP contribution in [0.1, 0.15) is 129 Å². The Labute approximate surface area is 316 Å². The van der Waals surface area contributed by atoms with Crippen LogP contribution in [0.3, 0.4) is 0 Å². The number of Topliss-reactive ketones (excluding diaryl/α,β-unsaturated/α-hetero) is 1. The molecule has 0 fully saturated rings. The van der Waals surface area contributed by atoms with Gasteiger partial charge in [-0.25, -0.2) is 0 Å². The minimum atomic E-state index is -1.12. The molecular formula is C38H69N3O12. The number of aliphatic carboxylic acids is 2. The van der Waals surface area contributed by atoms with Crippen LogP contribution in [0.5, 0.6) is 0 Å². The summed E-state index contributed by atoms with van der Waals surface area (Å²) in [6, 6.07) is 0. The highest BCUT2D eigenvalue weighted by atomic mass is 16.5. The lowest BCUT2D eigenvalue weighted by Gasteiger charge is -2.20. The van der Waals surface area contributed by atoms with E-state index in [9.17, 15) is 33.9 Å². The van der Waals surface area contributed by atoms with Gasteiger partial charge < -0.3 is 44.7 Å². The molecule has 0 aliphatic carbocycles. The van der Waals surface area contributed by atoms with Crippen LogP contribution >= 0.6 is 0 Å². The van der Waals surface area contributed by atoms with E-state index in [1.807, 2.05) is 0 Å². The Bertz CT molecular complexity index is 982. The number of ketones is 1. The van der Waals surface area contributed by atoms with Gasteiger partial charge in [0.25, 0.3) is 0 Å². The van der Waals surface area contributed by atoms with Crippen molar-refractivity contribution in [3.63, 3.8) is 0 Å². The van der Waals surface area contributed by atoms with E-state index in [0.29, 0.717) is 32.8 Å². The quantitative estimate of drug-likeness (QED) is 0.0646. The first-order valence-electron chi connectivity index (χ1n) is 19.7. The highest BCUT2D eigenvalue weighted by Gasteiger charge is 2.17. The number of carboxylic acid groups (broad SMARTS) is 2. The van der Waals surface area contributed by atoms with Crippen molar-refractivity contribution in [2.24, 2.45) is 0 Å². The lowest BCUT2D eigenvalue weighted by atomic mass is 10.0. The number of nitrogens with one attached hydrogen (secondary N) is 2. The van der Waals surface area contributed by atoms with Gasteiger partial charge in [0, 0.05) is 38.9 Å². The van der Waals surface area contributed by atoms with Gasteiger partial charge in [-0.05, 0) is 19.8 Å². The fraction of sp³-hybridized carbons (Fsp3) is 0.842. The first-order chi connectivity index (χ1) is 25.6. The van der Waals surface area contributed by atoms with Crippen LogP contribution < -0.4 is 10.6 Å². The molecular weight excluding hydrogens is 690 g/mol. The topological polar surface area (TPSA) is 207 Å². The van der Waals surface area contributed by atoms with Gasteiger partial charge in [0.2, 0.25) is 17.7 Å². The fourth-order valence-electron chi connectivity index (χ4n) is 5.36. The smallest absolute Gasteiger partial charge is 0.323 e. The largest absolute Gasteiger partial charge is 0.481 e. The third kappa shape index (κ3) is 38.4. The second kappa shape index (κ2) is 37.2. The molecule has 0 saturated heterocycles. The number of nitrogens with zero attached hydrogens (tertiary/aromatic N) is 1. The number of amides is 3. The average molecular weight is 760 g/mol. The third-order valence-corrected chi connectivity index (χ3v) is 8.24. The molecule has 0 aromatic rings. The van der Waals surface area contributed by atoms with E-state index in [2.05, 4.69) is 10.6 Å². The number of hydrogen-bond donors (Lipinski definition) is 4. The van der Waals surface area contributed by atoms with Crippen molar-refractivity contribution in [3.05, 3.63) is 0 Å². The number of carbonyl (C=O) groups is 6. The molecule has 53 heavy (non-hydrogen) atoms. The molecule has 0 unspecified atom stereocenters. The van der Waals surface area contributed by atoms with Gasteiger partial charge in [0.15, 0.2) is 5.78 Å². The average Bonchev–Trinajstić information content (AvgIpc) is 3.11. The predicted molar refractivity (Wildman–Crippen MR) is 200 cm³/mol. The lowest BCUT2D eigenvalue weighted by molar-refractivity contribution is -0.145. The molecule has 0 aromatic carbocycles. The van der Waals surface area contributed by atoms with E-state index in [4.69, 9.17) is 24.1 Å². The molecule has 0 atom stereocenters. The van der Waals surface area contributed by atoms with Gasteiger partial charge >= 0.3 is 11.9 Å². The number of unbranched alkanes of at least 4 members (excludes halogenated alkanes) is 15. The molecule has 15 heteroatoms. The summed E-state index contributed by atoms with van der Waals surface area (Å²) in [6.45, 7) is 3.13. The summed E-state index contributed by atoms with van der Waals surface area (Å²) < 4.78 is 21.0. The molecule has 0 aromatic heterocycles. The van der Waals surface area contributed by atoms with Gasteiger partial charge in [-0.15, -0.1) is 0 Å². The zero-order valence-electron chi connectivity index (χ0n) is 32.3. The summed E-state index contributed by atoms with van der Waals surface area (Å²) >= 11 is 0. The van der Waals surface area contributed by atoms with Gasteiger partial charge in [-0.3, -0.25) is 28.8 Å². The molecule has 0 heterocycles. The second-order valence-corrected chi connectivity index (χ2v) is 13.2. The van der Waals surface area contributed by atoms with Gasteiger partial charge in [0.1, 0.15) is 19.8 Å². The van der Waals surface area contributed by atoms with E-state index >= 15 is 0 Å². The van der Waals surface area contributed by atoms with E-state index in [1.54, 1.807) is 0 Å². The summed E-state index contributed by atoms with van der Waals surface area (Å²) in [5, 5.41) is 23.2. The van der Waals surface area contributed by atoms with Crippen molar-refractivity contribution in [2.75, 3.05) is 79.0 Å². The third-order valence-electron chi connectivity index (χ3n) is 8.24. The van der Waals surface area contributed by atoms with Crippen LogP contribution in [-0.4, -0.2) is 130 Å². The van der Waals surface area contributed by atoms with Crippen LogP contribution in [-0.2, 0) is 47.7 Å². The highest BCUT2D eigenvalue weighted by Crippen LogP contribution is 2.14. The lowest BCUT2D eigenvalue weighted by Crippen LogP contribution is -2.39. The summed E-state index contributed by atoms with van der Waals surface area (Å²) in [5.41, 5.74) is 0. The minimum absolute atomic E-state index is 0.00783. The zero-order chi connectivity index (χ0) is 39.2. The van der Waals surface area contributed by atoms with Crippen molar-refractivity contribution in [1.82, 2.24) is 15.5 Å². The standard InChI is InChI=1S/C38H69N3O12/c1-33(42)31-52-28-26-51-25-22-40-35(44)32-53-29-27-50-24-21-39-34(43)20-23-41(30-38(48)49)36(45)18-16-14-12-10-8-6-4-2-3-5-7-9-11-13-15-17-19-37(46)47/h2-32H2,1H3,(H,39,43)(H,40,44)(H,46,47)(H,48,49). The molecule has 0 rings (SSSR count). The van der Waals surface area contributed by atoms with Gasteiger partial charge in [0.05, 0.1) is 39.6 Å². The fourth-order valence-corrected chi connectivity index (χ4v) is 5.36. The molecule has 0 spiro atoms. The molecule has 0 aliphatic heterocycles. The highest BCUT2D eigenvalue weighted by molar-refractivity contribution is 5.82. The van der Waals surface area contributed by atoms with Crippen molar-refractivity contribution in [1.29, 1.82) is 0 Å². The Kier molecular flexibility index (Phi) is 35.0. The van der Waals surface area contributed by atoms with Crippen LogP contribution in [0.25, 0.3) is 0 Å². The molecule has 0 bridgehead atoms. The Morgan fingerprint density at radius 2 is 0.887 bits per heavy atom. The maximum atomic E-state index is 12.7. The summed E-state index contributed by atoms with van der Waals surface area (Å²) in [6.07, 6.45) is 18.4. The minimum Gasteiger partial charge on any atom is -0.481 e. The van der Waals surface area contributed by atoms with Crippen molar-refractivity contribution < 1.29 is 57.9 Å². The van der Waals surface area contributed by atoms with Crippen LogP contribution in [0.4, 0.5) is 0 Å². The monoisotopic (exact) mass is 759 g/mol. The summed E-state index contributed by atoms with van der Waals surface area (Å²) in [4.78, 5) is 70.5. The molecule has 15 nitrogen and oxygen atoms in total. The van der Waals surface area contributed by atoms with Crippen LogP contribution in [0, 0.1) is 0 Å². The molecule has 0 aliphatic rings. The van der Waals surface area contributed by atoms with Crippen LogP contribution in [0.2, 0.25) is 0 Å². The van der Waals surface area contributed by atoms with E-state index in [1.165, 1.54) is 69.6 Å². The molecule has 0 saturated carbocycles. The second-order valence-electron chi connectivity index (χ2n) is 13.2. The Morgan fingerprint density at radius 3 is 1.34 bits per heavy atom.